The van der Waals surface area contributed by atoms with Crippen LogP contribution in [0.25, 0.3) is 0 Å². The Morgan fingerprint density at radius 2 is 2.23 bits per heavy atom. The second kappa shape index (κ2) is 5.13. The molecule has 0 aromatic carbocycles. The minimum absolute atomic E-state index is 0.0308. The van der Waals surface area contributed by atoms with Gasteiger partial charge in [0.25, 0.3) is 11.9 Å². The fraction of sp³-hybridized carbons (Fsp3) is 0.417. The minimum Gasteiger partial charge on any atom is -0.320 e. The van der Waals surface area contributed by atoms with Crippen LogP contribution in [0, 0.1) is 5.41 Å². The van der Waals surface area contributed by atoms with E-state index in [4.69, 9.17) is 0 Å². The Labute approximate surface area is 129 Å². The summed E-state index contributed by atoms with van der Waals surface area (Å²) in [4.78, 5) is 18.4. The smallest absolute Gasteiger partial charge is 0.270 e. The fourth-order valence-electron chi connectivity index (χ4n) is 2.01. The van der Waals surface area contributed by atoms with Crippen LogP contribution in [0.5, 0.6) is 0 Å². The molecule has 1 aromatic heterocycles. The first kappa shape index (κ1) is 14.6. The molecule has 0 fully saturated rings. The lowest BCUT2D eigenvalue weighted by atomic mass is 9.91. The van der Waals surface area contributed by atoms with Gasteiger partial charge in [-0.1, -0.05) is 25.9 Å². The Balaban J connectivity index is 1.81. The highest BCUT2D eigenvalue weighted by atomic mass is 32.2. The molecule has 0 bridgehead atoms. The molecule has 10 heteroatoms. The maximum Gasteiger partial charge on any atom is 0.270 e. The van der Waals surface area contributed by atoms with Crippen molar-refractivity contribution >= 4 is 27.8 Å². The van der Waals surface area contributed by atoms with Crippen LogP contribution in [0.15, 0.2) is 27.9 Å². The third-order valence-corrected chi connectivity index (χ3v) is 4.49. The summed E-state index contributed by atoms with van der Waals surface area (Å²) in [6.45, 7) is 6.64. The van der Waals surface area contributed by atoms with Gasteiger partial charge in [-0.3, -0.25) is 10.1 Å². The van der Waals surface area contributed by atoms with Crippen molar-refractivity contribution in [2.45, 2.75) is 20.8 Å². The second-order valence-electron chi connectivity index (χ2n) is 5.84. The van der Waals surface area contributed by atoms with Gasteiger partial charge in [0.1, 0.15) is 15.7 Å². The number of nitrogens with zero attached hydrogens (tertiary/aromatic N) is 5. The van der Waals surface area contributed by atoms with Crippen LogP contribution in [0.2, 0.25) is 0 Å². The van der Waals surface area contributed by atoms with E-state index < -0.39 is 16.7 Å². The van der Waals surface area contributed by atoms with Gasteiger partial charge in [-0.05, 0) is 11.3 Å². The summed E-state index contributed by atoms with van der Waals surface area (Å²) in [5.74, 6) is -0.502. The van der Waals surface area contributed by atoms with Crippen molar-refractivity contribution in [3.63, 3.8) is 0 Å². The first-order valence-corrected chi connectivity index (χ1v) is 7.75. The number of carbonyl (C=O) groups excluding carboxylic acids is 1. The van der Waals surface area contributed by atoms with Crippen molar-refractivity contribution in [3.8, 4) is 0 Å². The second-order valence-corrected chi connectivity index (χ2v) is 7.18. The first-order chi connectivity index (χ1) is 10.4. The van der Waals surface area contributed by atoms with Crippen molar-refractivity contribution in [3.05, 3.63) is 22.9 Å². The summed E-state index contributed by atoms with van der Waals surface area (Å²) in [5.41, 5.74) is 0.721. The number of tetrazole rings is 1. The summed E-state index contributed by atoms with van der Waals surface area (Å²) >= 11 is 0. The van der Waals surface area contributed by atoms with Crippen LogP contribution in [0.1, 0.15) is 20.8 Å². The van der Waals surface area contributed by atoms with Gasteiger partial charge in [-0.25, -0.2) is 9.20 Å². The normalized spacial score (nSPS) is 21.0. The van der Waals surface area contributed by atoms with Gasteiger partial charge in [-0.15, -0.1) is 5.10 Å². The van der Waals surface area contributed by atoms with E-state index in [-0.39, 0.29) is 16.3 Å². The lowest BCUT2D eigenvalue weighted by Crippen LogP contribution is -2.29. The lowest BCUT2D eigenvalue weighted by molar-refractivity contribution is -0.112. The molecule has 22 heavy (non-hydrogen) atoms. The van der Waals surface area contributed by atoms with E-state index >= 15 is 0 Å². The molecule has 0 radical (unpaired) electrons. The van der Waals surface area contributed by atoms with E-state index in [2.05, 4.69) is 30.9 Å². The quantitative estimate of drug-likeness (QED) is 0.811. The van der Waals surface area contributed by atoms with E-state index in [1.54, 1.807) is 11.1 Å². The number of hydrogen-bond acceptors (Lipinski definition) is 7. The van der Waals surface area contributed by atoms with E-state index in [1.807, 2.05) is 26.8 Å². The van der Waals surface area contributed by atoms with Crippen LogP contribution in [-0.4, -0.2) is 47.4 Å². The number of aromatic nitrogens is 4. The monoisotopic (exact) mass is 321 g/mol. The highest BCUT2D eigenvalue weighted by Crippen LogP contribution is 2.31. The van der Waals surface area contributed by atoms with Crippen LogP contribution >= 0.6 is 0 Å². The molecular formula is C12H15N7O2S. The minimum atomic E-state index is -1.63. The molecule has 0 aliphatic carbocycles. The zero-order valence-electron chi connectivity index (χ0n) is 12.3. The Hall–Kier alpha value is -2.36. The molecule has 3 rings (SSSR count). The maximum atomic E-state index is 12.5. The Kier molecular flexibility index (Phi) is 3.39. The summed E-state index contributed by atoms with van der Waals surface area (Å²) in [7, 11) is -1.63. The van der Waals surface area contributed by atoms with Crippen LogP contribution in [0.4, 0.5) is 5.95 Å². The predicted octanol–water partition coefficient (Wildman–Crippen LogP) is 0.344. The largest absolute Gasteiger partial charge is 0.320 e. The number of aromatic amines is 1. The van der Waals surface area contributed by atoms with Crippen molar-refractivity contribution in [1.29, 1.82) is 0 Å². The molecular weight excluding hydrogens is 306 g/mol. The van der Waals surface area contributed by atoms with Gasteiger partial charge in [0.2, 0.25) is 5.17 Å². The molecule has 2 aliphatic heterocycles. The van der Waals surface area contributed by atoms with E-state index in [1.165, 1.54) is 0 Å². The number of allylic oxidation sites excluding steroid dienone is 1. The predicted molar refractivity (Wildman–Crippen MR) is 80.7 cm³/mol. The third kappa shape index (κ3) is 2.56. The SMILES string of the molecule is CC(C)(C)C1=CCN2C=C(C(=O)Nc3nn[nH]n3)S(=O)C2=N1. The number of H-pyrrole nitrogens is 1. The van der Waals surface area contributed by atoms with Gasteiger partial charge in [-0.2, -0.15) is 5.21 Å². The zero-order valence-corrected chi connectivity index (χ0v) is 13.1. The molecule has 0 saturated carbocycles. The number of hydrogen-bond donors (Lipinski definition) is 2. The summed E-state index contributed by atoms with van der Waals surface area (Å²) in [6, 6.07) is 0. The maximum absolute atomic E-state index is 12.5. The number of anilines is 1. The van der Waals surface area contributed by atoms with E-state index in [9.17, 15) is 9.00 Å². The molecule has 116 valence electrons. The fourth-order valence-corrected chi connectivity index (χ4v) is 3.17. The van der Waals surface area contributed by atoms with Gasteiger partial charge < -0.3 is 4.90 Å². The van der Waals surface area contributed by atoms with Crippen molar-refractivity contribution in [1.82, 2.24) is 25.5 Å². The van der Waals surface area contributed by atoms with Gasteiger partial charge in [0.15, 0.2) is 0 Å². The van der Waals surface area contributed by atoms with Gasteiger partial charge in [0, 0.05) is 23.9 Å². The highest BCUT2D eigenvalue weighted by molar-refractivity contribution is 8.05. The topological polar surface area (TPSA) is 116 Å². The molecule has 1 unspecified atom stereocenters. The number of rotatable bonds is 2. The standard InChI is InChI=1S/C12H15N7O2S/c1-12(2,3)8-4-5-19-6-7(22(21)11(19)13-8)9(20)14-10-15-17-18-16-10/h4,6H,5H2,1-3H3,(H2,14,15,16,17,18,20). The van der Waals surface area contributed by atoms with Crippen molar-refractivity contribution in [2.24, 2.45) is 10.4 Å². The van der Waals surface area contributed by atoms with Crippen molar-refractivity contribution < 1.29 is 9.00 Å². The summed E-state index contributed by atoms with van der Waals surface area (Å²) < 4.78 is 12.5. The van der Waals surface area contributed by atoms with E-state index in [0.29, 0.717) is 11.7 Å². The molecule has 1 aromatic rings. The number of aliphatic imine (C=N–C) groups is 1. The Bertz CT molecular complexity index is 727. The van der Waals surface area contributed by atoms with Crippen molar-refractivity contribution in [2.75, 3.05) is 11.9 Å². The number of nitrogens with one attached hydrogen (secondary N) is 2. The molecule has 3 heterocycles. The molecule has 2 aliphatic rings. The van der Waals surface area contributed by atoms with Gasteiger partial charge in [0.05, 0.1) is 0 Å². The highest BCUT2D eigenvalue weighted by Gasteiger charge is 2.35. The third-order valence-electron chi connectivity index (χ3n) is 3.14. The Morgan fingerprint density at radius 3 is 2.86 bits per heavy atom. The van der Waals surface area contributed by atoms with Crippen LogP contribution in [0.3, 0.4) is 0 Å². The first-order valence-electron chi connectivity index (χ1n) is 6.60. The Morgan fingerprint density at radius 1 is 1.45 bits per heavy atom. The van der Waals surface area contributed by atoms with Crippen LogP contribution < -0.4 is 5.32 Å². The number of fused-ring (bicyclic) bond motifs is 1. The number of carbonyl (C=O) groups is 1. The number of amides is 1. The van der Waals surface area contributed by atoms with Gasteiger partial charge >= 0.3 is 0 Å². The molecule has 1 atom stereocenters. The number of amidine groups is 1. The molecule has 0 saturated heterocycles. The van der Waals surface area contributed by atoms with Crippen LogP contribution in [-0.2, 0) is 15.6 Å². The molecule has 0 spiro atoms. The molecule has 1 amide bonds. The summed E-state index contributed by atoms with van der Waals surface area (Å²) in [5, 5.41) is 15.6. The average Bonchev–Trinajstić information content (AvgIpc) is 3.06. The average molecular weight is 321 g/mol. The summed E-state index contributed by atoms with van der Waals surface area (Å²) in [6.07, 6.45) is 3.51. The molecule has 9 nitrogen and oxygen atoms in total. The zero-order chi connectivity index (χ0) is 15.9. The van der Waals surface area contributed by atoms with E-state index in [0.717, 1.165) is 5.70 Å². The lowest BCUT2D eigenvalue weighted by Gasteiger charge is -2.26. The molecule has 2 N–H and O–H groups in total.